The number of carbonyl (C=O) groups is 1. The van der Waals surface area contributed by atoms with Crippen molar-refractivity contribution < 1.29 is 9.90 Å². The van der Waals surface area contributed by atoms with Crippen molar-refractivity contribution in [2.75, 3.05) is 0 Å². The van der Waals surface area contributed by atoms with E-state index in [0.29, 0.717) is 18.8 Å². The molecule has 2 N–H and O–H groups in total. The van der Waals surface area contributed by atoms with E-state index in [4.69, 9.17) is 5.11 Å². The second kappa shape index (κ2) is 4.15. The second-order valence-electron chi connectivity index (χ2n) is 4.50. The van der Waals surface area contributed by atoms with Gasteiger partial charge in [-0.1, -0.05) is 0 Å². The summed E-state index contributed by atoms with van der Waals surface area (Å²) >= 11 is 0. The Labute approximate surface area is 93.1 Å². The van der Waals surface area contributed by atoms with E-state index in [2.05, 4.69) is 5.10 Å². The molecule has 0 bridgehead atoms. The van der Waals surface area contributed by atoms with Crippen LogP contribution >= 0.6 is 0 Å². The van der Waals surface area contributed by atoms with E-state index >= 15 is 0 Å². The smallest absolute Gasteiger partial charge is 0.306 e. The average Bonchev–Trinajstić information content (AvgIpc) is 2.59. The Morgan fingerprint density at radius 3 is 2.50 bits per heavy atom. The van der Waals surface area contributed by atoms with Gasteiger partial charge in [0, 0.05) is 24.7 Å². The van der Waals surface area contributed by atoms with Crippen LogP contribution in [0.4, 0.5) is 0 Å². The molecule has 16 heavy (non-hydrogen) atoms. The van der Waals surface area contributed by atoms with E-state index in [0.717, 1.165) is 18.5 Å². The first-order valence-electron chi connectivity index (χ1n) is 5.56. The van der Waals surface area contributed by atoms with Crippen molar-refractivity contribution in [3.63, 3.8) is 0 Å². The van der Waals surface area contributed by atoms with E-state index in [-0.39, 0.29) is 11.5 Å². The number of nitrogens with one attached hydrogen (secondary N) is 1. The van der Waals surface area contributed by atoms with Gasteiger partial charge in [0.25, 0.3) is 5.56 Å². The molecule has 0 aromatic carbocycles. The first kappa shape index (κ1) is 11.0. The number of hydrogen-bond donors (Lipinski definition) is 2. The summed E-state index contributed by atoms with van der Waals surface area (Å²) in [5.74, 6) is -0.587. The third-order valence-electron chi connectivity index (χ3n) is 3.42. The van der Waals surface area contributed by atoms with Gasteiger partial charge in [-0.2, -0.15) is 0 Å². The minimum Gasteiger partial charge on any atom is -0.481 e. The molecule has 0 atom stereocenters. The van der Waals surface area contributed by atoms with E-state index < -0.39 is 5.97 Å². The zero-order chi connectivity index (χ0) is 11.7. The molecule has 1 saturated carbocycles. The Morgan fingerprint density at radius 1 is 1.44 bits per heavy atom. The van der Waals surface area contributed by atoms with Gasteiger partial charge < -0.3 is 5.11 Å². The molecule has 1 aromatic heterocycles. The molecule has 5 nitrogen and oxygen atoms in total. The standard InChI is InChI=1S/C11H16N2O3/c1-13-10(14)6-9(12-13)7-2-4-8(5-3-7)11(15)16/h6-8,12H,2-5H2,1H3,(H,15,16). The monoisotopic (exact) mass is 224 g/mol. The van der Waals surface area contributed by atoms with Crippen LogP contribution in [0.5, 0.6) is 0 Å². The Balaban J connectivity index is 2.04. The lowest BCUT2D eigenvalue weighted by Crippen LogP contribution is -2.20. The molecule has 1 aromatic rings. The molecular weight excluding hydrogens is 208 g/mol. The lowest BCUT2D eigenvalue weighted by molar-refractivity contribution is -0.142. The third kappa shape index (κ3) is 2.03. The number of rotatable bonds is 2. The SMILES string of the molecule is Cn1[nH]c(C2CCC(C(=O)O)CC2)cc1=O. The molecule has 5 heteroatoms. The molecule has 0 radical (unpaired) electrons. The highest BCUT2D eigenvalue weighted by Crippen LogP contribution is 2.34. The summed E-state index contributed by atoms with van der Waals surface area (Å²) in [6.07, 6.45) is 3.10. The molecular formula is C11H16N2O3. The van der Waals surface area contributed by atoms with Crippen molar-refractivity contribution in [3.8, 4) is 0 Å². The molecule has 88 valence electrons. The summed E-state index contributed by atoms with van der Waals surface area (Å²) in [5, 5.41) is 11.9. The number of hydrogen-bond acceptors (Lipinski definition) is 2. The van der Waals surface area contributed by atoms with Crippen LogP contribution in [0.15, 0.2) is 10.9 Å². The van der Waals surface area contributed by atoms with E-state index in [9.17, 15) is 9.59 Å². The third-order valence-corrected chi connectivity index (χ3v) is 3.42. The Bertz CT molecular complexity index is 438. The van der Waals surface area contributed by atoms with Crippen molar-refractivity contribution in [2.45, 2.75) is 31.6 Å². The van der Waals surface area contributed by atoms with Gasteiger partial charge in [0.15, 0.2) is 0 Å². The number of aryl methyl sites for hydroxylation is 1. The highest BCUT2D eigenvalue weighted by atomic mass is 16.4. The molecule has 0 aliphatic heterocycles. The predicted molar refractivity (Wildman–Crippen MR) is 58.4 cm³/mol. The normalized spacial score (nSPS) is 25.6. The Morgan fingerprint density at radius 2 is 2.06 bits per heavy atom. The number of nitrogens with zero attached hydrogens (tertiary/aromatic N) is 1. The van der Waals surface area contributed by atoms with Gasteiger partial charge in [0.2, 0.25) is 0 Å². The van der Waals surface area contributed by atoms with Crippen molar-refractivity contribution in [3.05, 3.63) is 22.1 Å². The van der Waals surface area contributed by atoms with Crippen molar-refractivity contribution in [2.24, 2.45) is 13.0 Å². The number of carboxylic acid groups (broad SMARTS) is 1. The van der Waals surface area contributed by atoms with Crippen LogP contribution in [0, 0.1) is 5.92 Å². The number of aromatic nitrogens is 2. The van der Waals surface area contributed by atoms with Crippen LogP contribution in [0.3, 0.4) is 0 Å². The quantitative estimate of drug-likeness (QED) is 0.789. The van der Waals surface area contributed by atoms with Gasteiger partial charge in [-0.05, 0) is 25.7 Å². The summed E-state index contributed by atoms with van der Waals surface area (Å²) in [4.78, 5) is 22.1. The topological polar surface area (TPSA) is 75.1 Å². The molecule has 1 fully saturated rings. The van der Waals surface area contributed by atoms with Gasteiger partial charge in [0.1, 0.15) is 0 Å². The molecule has 0 saturated heterocycles. The van der Waals surface area contributed by atoms with Crippen LogP contribution in [-0.2, 0) is 11.8 Å². The number of carboxylic acids is 1. The number of aliphatic carboxylic acids is 1. The van der Waals surface area contributed by atoms with Crippen molar-refractivity contribution in [1.29, 1.82) is 0 Å². The molecule has 0 amide bonds. The number of H-pyrrole nitrogens is 1. The van der Waals surface area contributed by atoms with Crippen molar-refractivity contribution >= 4 is 5.97 Å². The lowest BCUT2D eigenvalue weighted by atomic mass is 9.80. The zero-order valence-electron chi connectivity index (χ0n) is 9.27. The van der Waals surface area contributed by atoms with Gasteiger partial charge in [-0.15, -0.1) is 0 Å². The summed E-state index contributed by atoms with van der Waals surface area (Å²) in [6.45, 7) is 0. The minimum atomic E-state index is -0.694. The fourth-order valence-corrected chi connectivity index (χ4v) is 2.37. The van der Waals surface area contributed by atoms with Gasteiger partial charge >= 0.3 is 5.97 Å². The summed E-state index contributed by atoms with van der Waals surface area (Å²) in [7, 11) is 1.69. The van der Waals surface area contributed by atoms with Crippen LogP contribution in [0.25, 0.3) is 0 Å². The first-order chi connectivity index (χ1) is 7.58. The average molecular weight is 224 g/mol. The highest BCUT2D eigenvalue weighted by Gasteiger charge is 2.27. The Hall–Kier alpha value is -1.52. The lowest BCUT2D eigenvalue weighted by Gasteiger charge is -2.24. The fraction of sp³-hybridized carbons (Fsp3) is 0.636. The summed E-state index contributed by atoms with van der Waals surface area (Å²) in [5.41, 5.74) is 0.909. The largest absolute Gasteiger partial charge is 0.481 e. The molecule has 2 rings (SSSR count). The van der Waals surface area contributed by atoms with Crippen LogP contribution in [0.2, 0.25) is 0 Å². The van der Waals surface area contributed by atoms with Gasteiger partial charge in [-0.25, -0.2) is 0 Å². The molecule has 0 spiro atoms. The van der Waals surface area contributed by atoms with E-state index in [1.54, 1.807) is 13.1 Å². The maximum absolute atomic E-state index is 11.3. The first-order valence-corrected chi connectivity index (χ1v) is 5.56. The number of aromatic amines is 1. The fourth-order valence-electron chi connectivity index (χ4n) is 2.37. The van der Waals surface area contributed by atoms with Gasteiger partial charge in [-0.3, -0.25) is 19.4 Å². The van der Waals surface area contributed by atoms with Gasteiger partial charge in [0.05, 0.1) is 5.92 Å². The van der Waals surface area contributed by atoms with Crippen LogP contribution in [0.1, 0.15) is 37.3 Å². The second-order valence-corrected chi connectivity index (χ2v) is 4.50. The predicted octanol–water partition coefficient (Wildman–Crippen LogP) is 1.07. The summed E-state index contributed by atoms with van der Waals surface area (Å²) in [6, 6.07) is 1.62. The van der Waals surface area contributed by atoms with Crippen molar-refractivity contribution in [1.82, 2.24) is 9.78 Å². The minimum absolute atomic E-state index is 0.0321. The van der Waals surface area contributed by atoms with Crippen LogP contribution in [-0.4, -0.2) is 20.9 Å². The highest BCUT2D eigenvalue weighted by molar-refractivity contribution is 5.70. The maximum atomic E-state index is 11.3. The Kier molecular flexibility index (Phi) is 2.85. The molecule has 1 aliphatic rings. The molecule has 0 unspecified atom stereocenters. The zero-order valence-corrected chi connectivity index (χ0v) is 9.27. The van der Waals surface area contributed by atoms with E-state index in [1.165, 1.54) is 4.68 Å². The maximum Gasteiger partial charge on any atom is 0.306 e. The molecule has 1 aliphatic carbocycles. The van der Waals surface area contributed by atoms with E-state index in [1.807, 2.05) is 0 Å². The van der Waals surface area contributed by atoms with Crippen LogP contribution < -0.4 is 5.56 Å². The molecule has 1 heterocycles. The summed E-state index contributed by atoms with van der Waals surface area (Å²) < 4.78 is 1.46.